The Labute approximate surface area is 200 Å². The van der Waals surface area contributed by atoms with Crippen LogP contribution in [0.15, 0.2) is 65.8 Å². The monoisotopic (exact) mass is 462 g/mol. The minimum atomic E-state index is 0.0660. The van der Waals surface area contributed by atoms with Gasteiger partial charge in [-0.2, -0.15) is 0 Å². The van der Waals surface area contributed by atoms with Crippen molar-refractivity contribution in [2.45, 2.75) is 24.8 Å². The Morgan fingerprint density at radius 2 is 1.76 bits per heavy atom. The van der Waals surface area contributed by atoms with Crippen LogP contribution in [0.25, 0.3) is 11.3 Å². The van der Waals surface area contributed by atoms with E-state index < -0.39 is 0 Å². The predicted molar refractivity (Wildman–Crippen MR) is 134 cm³/mol. The molecular formula is C26H30N4O2S. The average Bonchev–Trinajstić information content (AvgIpc) is 2.89. The van der Waals surface area contributed by atoms with Crippen LogP contribution in [-0.4, -0.2) is 60.2 Å². The van der Waals surface area contributed by atoms with Crippen molar-refractivity contribution >= 4 is 23.5 Å². The molecule has 0 radical (unpaired) electrons. The molecule has 172 valence electrons. The number of anilines is 1. The van der Waals surface area contributed by atoms with Gasteiger partial charge in [0.05, 0.1) is 18.9 Å². The molecule has 0 atom stereocenters. The van der Waals surface area contributed by atoms with E-state index in [-0.39, 0.29) is 5.91 Å². The highest BCUT2D eigenvalue weighted by Gasteiger charge is 2.19. The van der Waals surface area contributed by atoms with E-state index in [0.717, 1.165) is 46.4 Å². The second kappa shape index (κ2) is 11.3. The van der Waals surface area contributed by atoms with Gasteiger partial charge in [-0.05, 0) is 31.5 Å². The third-order valence-electron chi connectivity index (χ3n) is 5.69. The van der Waals surface area contributed by atoms with Gasteiger partial charge >= 0.3 is 0 Å². The lowest BCUT2D eigenvalue weighted by Gasteiger charge is -2.27. The first-order valence-electron chi connectivity index (χ1n) is 11.5. The number of amides is 1. The summed E-state index contributed by atoms with van der Waals surface area (Å²) < 4.78 is 5.37. The molecule has 0 saturated carbocycles. The molecule has 3 aromatic rings. The SMILES string of the molecule is CCN(CC)c1cc(-c2ccccc2)nc(SCc2cccc(C(=O)N3CCOCC3)c2)n1. The van der Waals surface area contributed by atoms with Crippen molar-refractivity contribution in [3.8, 4) is 11.3 Å². The van der Waals surface area contributed by atoms with Gasteiger partial charge in [-0.3, -0.25) is 4.79 Å². The minimum Gasteiger partial charge on any atom is -0.378 e. The van der Waals surface area contributed by atoms with Crippen LogP contribution in [0, 0.1) is 0 Å². The predicted octanol–water partition coefficient (Wildman–Crippen LogP) is 4.75. The van der Waals surface area contributed by atoms with Crippen molar-refractivity contribution in [1.82, 2.24) is 14.9 Å². The molecule has 1 aliphatic rings. The summed E-state index contributed by atoms with van der Waals surface area (Å²) in [5, 5.41) is 0.739. The number of hydrogen-bond donors (Lipinski definition) is 0. The molecular weight excluding hydrogens is 432 g/mol. The number of carbonyl (C=O) groups excluding carboxylic acids is 1. The zero-order valence-electron chi connectivity index (χ0n) is 19.2. The van der Waals surface area contributed by atoms with E-state index in [9.17, 15) is 4.79 Å². The van der Waals surface area contributed by atoms with Crippen molar-refractivity contribution in [1.29, 1.82) is 0 Å². The van der Waals surface area contributed by atoms with Gasteiger partial charge in [0.25, 0.3) is 5.91 Å². The zero-order chi connectivity index (χ0) is 23.0. The van der Waals surface area contributed by atoms with Gasteiger partial charge in [0.1, 0.15) is 5.82 Å². The maximum absolute atomic E-state index is 12.8. The Bertz CT molecular complexity index is 1070. The van der Waals surface area contributed by atoms with Crippen molar-refractivity contribution in [3.63, 3.8) is 0 Å². The van der Waals surface area contributed by atoms with E-state index >= 15 is 0 Å². The summed E-state index contributed by atoms with van der Waals surface area (Å²) in [5.74, 6) is 1.70. The molecule has 1 fully saturated rings. The fraction of sp³-hybridized carbons (Fsp3) is 0.346. The van der Waals surface area contributed by atoms with Crippen LogP contribution in [0.3, 0.4) is 0 Å². The molecule has 2 aromatic carbocycles. The molecule has 1 aliphatic heterocycles. The lowest BCUT2D eigenvalue weighted by atomic mass is 10.1. The summed E-state index contributed by atoms with van der Waals surface area (Å²) in [4.78, 5) is 26.6. The van der Waals surface area contributed by atoms with E-state index in [1.807, 2.05) is 41.3 Å². The molecule has 0 N–H and O–H groups in total. The highest BCUT2D eigenvalue weighted by atomic mass is 32.2. The largest absolute Gasteiger partial charge is 0.378 e. The van der Waals surface area contributed by atoms with Crippen molar-refractivity contribution in [2.75, 3.05) is 44.3 Å². The number of rotatable bonds is 8. The Morgan fingerprint density at radius 1 is 1.00 bits per heavy atom. The van der Waals surface area contributed by atoms with Crippen LogP contribution in [0.5, 0.6) is 0 Å². The fourth-order valence-electron chi connectivity index (χ4n) is 3.83. The van der Waals surface area contributed by atoms with Gasteiger partial charge in [0.2, 0.25) is 0 Å². The molecule has 0 spiro atoms. The Balaban J connectivity index is 1.54. The Hall–Kier alpha value is -2.90. The normalized spacial score (nSPS) is 13.7. The first-order valence-corrected chi connectivity index (χ1v) is 12.4. The van der Waals surface area contributed by atoms with E-state index in [2.05, 4.69) is 43.0 Å². The molecule has 6 nitrogen and oxygen atoms in total. The maximum atomic E-state index is 12.8. The fourth-order valence-corrected chi connectivity index (χ4v) is 4.63. The lowest BCUT2D eigenvalue weighted by molar-refractivity contribution is 0.0303. The van der Waals surface area contributed by atoms with Crippen LogP contribution >= 0.6 is 11.8 Å². The number of carbonyl (C=O) groups is 1. The van der Waals surface area contributed by atoms with E-state index in [1.54, 1.807) is 11.8 Å². The number of hydrogen-bond acceptors (Lipinski definition) is 6. The molecule has 4 rings (SSSR count). The average molecular weight is 463 g/mol. The number of benzene rings is 2. The highest BCUT2D eigenvalue weighted by Crippen LogP contribution is 2.27. The molecule has 0 bridgehead atoms. The molecule has 2 heterocycles. The second-order valence-corrected chi connectivity index (χ2v) is 8.77. The van der Waals surface area contributed by atoms with Gasteiger partial charge in [0, 0.05) is 49.1 Å². The quantitative estimate of drug-likeness (QED) is 0.356. The van der Waals surface area contributed by atoms with Gasteiger partial charge in [-0.15, -0.1) is 0 Å². The summed E-state index contributed by atoms with van der Waals surface area (Å²) >= 11 is 1.60. The molecule has 0 aliphatic carbocycles. The van der Waals surface area contributed by atoms with Crippen LogP contribution in [0.1, 0.15) is 29.8 Å². The molecule has 1 aromatic heterocycles. The number of ether oxygens (including phenoxy) is 1. The van der Waals surface area contributed by atoms with Gasteiger partial charge in [-0.1, -0.05) is 54.2 Å². The zero-order valence-corrected chi connectivity index (χ0v) is 20.1. The van der Waals surface area contributed by atoms with Crippen molar-refractivity contribution in [3.05, 3.63) is 71.8 Å². The van der Waals surface area contributed by atoms with Crippen molar-refractivity contribution < 1.29 is 9.53 Å². The Morgan fingerprint density at radius 3 is 2.48 bits per heavy atom. The van der Waals surface area contributed by atoms with Crippen LogP contribution < -0.4 is 4.90 Å². The topological polar surface area (TPSA) is 58.6 Å². The summed E-state index contributed by atoms with van der Waals surface area (Å²) in [6.07, 6.45) is 0. The van der Waals surface area contributed by atoms with Crippen molar-refractivity contribution in [2.24, 2.45) is 0 Å². The summed E-state index contributed by atoms with van der Waals surface area (Å²) in [7, 11) is 0. The number of morpholine rings is 1. The first-order chi connectivity index (χ1) is 16.2. The van der Waals surface area contributed by atoms with E-state index in [0.29, 0.717) is 32.1 Å². The standard InChI is InChI=1S/C26H30N4O2S/c1-3-29(4-2)24-18-23(21-10-6-5-7-11-21)27-26(28-24)33-19-20-9-8-12-22(17-20)25(31)30-13-15-32-16-14-30/h5-12,17-18H,3-4,13-16,19H2,1-2H3. The lowest BCUT2D eigenvalue weighted by Crippen LogP contribution is -2.40. The second-order valence-electron chi connectivity index (χ2n) is 7.83. The molecule has 7 heteroatoms. The first kappa shape index (κ1) is 23.3. The third kappa shape index (κ3) is 5.92. The highest BCUT2D eigenvalue weighted by molar-refractivity contribution is 7.98. The summed E-state index contributed by atoms with van der Waals surface area (Å²) in [6.45, 7) is 8.54. The smallest absolute Gasteiger partial charge is 0.254 e. The maximum Gasteiger partial charge on any atom is 0.254 e. The summed E-state index contributed by atoms with van der Waals surface area (Å²) in [6, 6.07) is 20.1. The molecule has 1 amide bonds. The third-order valence-corrected chi connectivity index (χ3v) is 6.61. The van der Waals surface area contributed by atoms with Gasteiger partial charge < -0.3 is 14.5 Å². The minimum absolute atomic E-state index is 0.0660. The molecule has 1 saturated heterocycles. The van der Waals surface area contributed by atoms with Crippen LogP contribution in [-0.2, 0) is 10.5 Å². The molecule has 33 heavy (non-hydrogen) atoms. The van der Waals surface area contributed by atoms with E-state index in [4.69, 9.17) is 14.7 Å². The van der Waals surface area contributed by atoms with Crippen LogP contribution in [0.2, 0.25) is 0 Å². The van der Waals surface area contributed by atoms with Crippen LogP contribution in [0.4, 0.5) is 5.82 Å². The molecule has 0 unspecified atom stereocenters. The number of aromatic nitrogens is 2. The number of thioether (sulfide) groups is 1. The van der Waals surface area contributed by atoms with Gasteiger partial charge in [-0.25, -0.2) is 9.97 Å². The van der Waals surface area contributed by atoms with Gasteiger partial charge in [0.15, 0.2) is 5.16 Å². The summed E-state index contributed by atoms with van der Waals surface area (Å²) in [5.41, 5.74) is 3.80. The number of nitrogens with zero attached hydrogens (tertiary/aromatic N) is 4. The Kier molecular flexibility index (Phi) is 7.96. The van der Waals surface area contributed by atoms with E-state index in [1.165, 1.54) is 0 Å².